The number of ether oxygens (including phenoxy) is 4. The Labute approximate surface area is 301 Å². The van der Waals surface area contributed by atoms with Crippen molar-refractivity contribution in [1.82, 2.24) is 9.62 Å². The lowest BCUT2D eigenvalue weighted by atomic mass is 9.70. The van der Waals surface area contributed by atoms with Gasteiger partial charge in [-0.1, -0.05) is 36.7 Å². The van der Waals surface area contributed by atoms with Gasteiger partial charge in [-0.3, -0.25) is 9.69 Å². The number of benzene rings is 2. The summed E-state index contributed by atoms with van der Waals surface area (Å²) in [5.74, 6) is -0.0495. The molecule has 4 aliphatic heterocycles. The van der Waals surface area contributed by atoms with Crippen LogP contribution < -0.4 is 14.4 Å². The normalized spacial score (nSPS) is 32.3. The molecule has 7 rings (SSSR count). The lowest BCUT2D eigenvalue weighted by Crippen LogP contribution is -2.48. The number of hydrogen-bond acceptors (Lipinski definition) is 9. The number of allylic oxidation sites excluding steroid dienone is 1. The smallest absolute Gasteiger partial charge is 0.264 e. The zero-order chi connectivity index (χ0) is 34.9. The molecule has 50 heavy (non-hydrogen) atoms. The van der Waals surface area contributed by atoms with Crippen molar-refractivity contribution in [2.24, 2.45) is 11.8 Å². The van der Waals surface area contributed by atoms with Crippen LogP contribution in [0.4, 0.5) is 5.69 Å². The van der Waals surface area contributed by atoms with Crippen molar-refractivity contribution in [2.75, 3.05) is 70.7 Å². The Balaban J connectivity index is 1.25. The molecule has 4 heterocycles. The van der Waals surface area contributed by atoms with Gasteiger partial charge in [-0.25, -0.2) is 13.1 Å². The van der Waals surface area contributed by atoms with E-state index in [1.54, 1.807) is 19.1 Å². The number of halogens is 1. The predicted octanol–water partition coefficient (Wildman–Crippen LogP) is 4.98. The molecule has 0 aromatic heterocycles. The molecule has 1 amide bonds. The monoisotopic (exact) mass is 727 g/mol. The highest BCUT2D eigenvalue weighted by Crippen LogP contribution is 2.45. The van der Waals surface area contributed by atoms with Crippen LogP contribution in [0.5, 0.6) is 5.75 Å². The van der Waals surface area contributed by atoms with Crippen molar-refractivity contribution in [3.8, 4) is 5.75 Å². The molecule has 5 aliphatic rings. The minimum atomic E-state index is -3.95. The highest BCUT2D eigenvalue weighted by atomic mass is 35.5. The average Bonchev–Trinajstić information content (AvgIpc) is 3.51. The van der Waals surface area contributed by atoms with E-state index in [4.69, 9.17) is 30.5 Å². The maximum Gasteiger partial charge on any atom is 0.264 e. The standard InChI is InChI=1S/C38H50ClN3O7S/c1-26-5-3-7-35(47-20-16-41-14-18-46-19-15-41)36-30(12-17-48-36)23-42-24-38(13-4-6-28-21-31(39)9-10-32(28)38)25-49-34-11-8-29(22-33(34)42)37(43)40-50(44,45)27(26)2/h3,7-11,21-22,26-27,30,35-36H,4-6,12-20,23-25H2,1-2H3,(H,40,43)/b7-3+/t26-,27+,30-,35?,36+,38-/m0/s1. The Morgan fingerprint density at radius 2 is 1.94 bits per heavy atom. The molecule has 0 saturated carbocycles. The quantitative estimate of drug-likeness (QED) is 0.437. The maximum atomic E-state index is 13.6. The third-order valence-electron chi connectivity index (χ3n) is 11.5. The Morgan fingerprint density at radius 1 is 1.10 bits per heavy atom. The fourth-order valence-corrected chi connectivity index (χ4v) is 9.84. The molecule has 2 aromatic rings. The lowest BCUT2D eigenvalue weighted by Gasteiger charge is -2.42. The molecule has 1 unspecified atom stereocenters. The van der Waals surface area contributed by atoms with Crippen LogP contribution in [0.2, 0.25) is 5.02 Å². The van der Waals surface area contributed by atoms with Crippen molar-refractivity contribution in [3.05, 3.63) is 70.3 Å². The molecule has 2 saturated heterocycles. The number of morpholine rings is 1. The number of fused-ring (bicyclic) bond motifs is 4. The first-order valence-electron chi connectivity index (χ1n) is 18.2. The summed E-state index contributed by atoms with van der Waals surface area (Å²) in [6.07, 6.45) is 7.95. The number of nitrogens with one attached hydrogen (secondary N) is 1. The van der Waals surface area contributed by atoms with Gasteiger partial charge in [0.1, 0.15) is 11.9 Å². The number of carbonyl (C=O) groups excluding carboxylic acids is 1. The maximum absolute atomic E-state index is 13.6. The van der Waals surface area contributed by atoms with Crippen LogP contribution >= 0.6 is 11.6 Å². The molecule has 2 aromatic carbocycles. The highest BCUT2D eigenvalue weighted by Gasteiger charge is 2.44. The summed E-state index contributed by atoms with van der Waals surface area (Å²) in [5.41, 5.74) is 3.28. The van der Waals surface area contributed by atoms with Gasteiger partial charge in [0.25, 0.3) is 5.91 Å². The fraction of sp³-hybridized carbons (Fsp3) is 0.605. The van der Waals surface area contributed by atoms with Gasteiger partial charge < -0.3 is 23.8 Å². The van der Waals surface area contributed by atoms with E-state index in [0.717, 1.165) is 69.2 Å². The molecule has 12 heteroatoms. The zero-order valence-electron chi connectivity index (χ0n) is 29.2. The Kier molecular flexibility index (Phi) is 10.8. The highest BCUT2D eigenvalue weighted by molar-refractivity contribution is 7.90. The van der Waals surface area contributed by atoms with Crippen molar-refractivity contribution < 1.29 is 32.2 Å². The van der Waals surface area contributed by atoms with Gasteiger partial charge in [-0.15, -0.1) is 0 Å². The second kappa shape index (κ2) is 15.1. The second-order valence-corrected chi connectivity index (χ2v) is 17.3. The van der Waals surface area contributed by atoms with Crippen molar-refractivity contribution >= 4 is 33.2 Å². The Morgan fingerprint density at radius 3 is 2.78 bits per heavy atom. The van der Waals surface area contributed by atoms with E-state index in [2.05, 4.69) is 32.7 Å². The zero-order valence-corrected chi connectivity index (χ0v) is 30.7. The van der Waals surface area contributed by atoms with E-state index < -0.39 is 21.2 Å². The molecule has 2 bridgehead atoms. The number of nitrogens with zero attached hydrogens (tertiary/aromatic N) is 2. The summed E-state index contributed by atoms with van der Waals surface area (Å²) < 4.78 is 54.6. The predicted molar refractivity (Wildman–Crippen MR) is 194 cm³/mol. The number of anilines is 1. The molecule has 2 fully saturated rings. The summed E-state index contributed by atoms with van der Waals surface area (Å²) >= 11 is 6.47. The minimum absolute atomic E-state index is 0.145. The van der Waals surface area contributed by atoms with E-state index in [1.807, 2.05) is 25.1 Å². The van der Waals surface area contributed by atoms with Crippen LogP contribution in [-0.2, 0) is 36.1 Å². The van der Waals surface area contributed by atoms with Crippen LogP contribution in [0.1, 0.15) is 61.0 Å². The molecule has 6 atom stereocenters. The van der Waals surface area contributed by atoms with Crippen molar-refractivity contribution in [3.63, 3.8) is 0 Å². The SMILES string of the molecule is C[C@@H]1[C@@H](C)C/C=C/C(OCCN2CCOCC2)[C@@H]2OCC[C@H]2CN2C[C@@]3(CCCc4cc(Cl)ccc43)COc3ccc(cc32)C(=O)NS1(=O)=O. The van der Waals surface area contributed by atoms with Gasteiger partial charge in [0, 0.05) is 61.2 Å². The van der Waals surface area contributed by atoms with Gasteiger partial charge in [-0.2, -0.15) is 0 Å². The van der Waals surface area contributed by atoms with E-state index in [0.29, 0.717) is 45.1 Å². The molecule has 1 N–H and O–H groups in total. The molecule has 0 radical (unpaired) electrons. The topological polar surface area (TPSA) is 107 Å². The van der Waals surface area contributed by atoms with E-state index in [9.17, 15) is 13.2 Å². The summed E-state index contributed by atoms with van der Waals surface area (Å²) in [6.45, 7) is 10.6. The number of aryl methyl sites for hydroxylation is 1. The first kappa shape index (κ1) is 35.7. The van der Waals surface area contributed by atoms with Crippen molar-refractivity contribution in [2.45, 2.75) is 68.8 Å². The first-order valence-corrected chi connectivity index (χ1v) is 20.1. The number of rotatable bonds is 4. The van der Waals surface area contributed by atoms with Crippen LogP contribution in [0.15, 0.2) is 48.6 Å². The van der Waals surface area contributed by atoms with Gasteiger partial charge in [-0.05, 0) is 86.4 Å². The molecular formula is C38H50ClN3O7S. The minimum Gasteiger partial charge on any atom is -0.490 e. The number of carbonyl (C=O) groups is 1. The largest absolute Gasteiger partial charge is 0.490 e. The summed E-state index contributed by atoms with van der Waals surface area (Å²) in [6, 6.07) is 11.5. The molecule has 10 nitrogen and oxygen atoms in total. The van der Waals surface area contributed by atoms with Crippen LogP contribution in [0.25, 0.3) is 0 Å². The molecule has 1 spiro atoms. The molecule has 272 valence electrons. The number of amides is 1. The summed E-state index contributed by atoms with van der Waals surface area (Å²) in [4.78, 5) is 18.3. The third kappa shape index (κ3) is 7.59. The number of hydrogen-bond donors (Lipinski definition) is 1. The Hall–Kier alpha value is -2.67. The second-order valence-electron chi connectivity index (χ2n) is 14.8. The van der Waals surface area contributed by atoms with Crippen LogP contribution in [0, 0.1) is 11.8 Å². The van der Waals surface area contributed by atoms with Crippen molar-refractivity contribution in [1.29, 1.82) is 0 Å². The lowest BCUT2D eigenvalue weighted by molar-refractivity contribution is -0.0481. The molecular weight excluding hydrogens is 678 g/mol. The Bertz CT molecular complexity index is 1680. The van der Waals surface area contributed by atoms with E-state index >= 15 is 0 Å². The summed E-state index contributed by atoms with van der Waals surface area (Å²) in [5, 5.41) is -0.0582. The van der Waals surface area contributed by atoms with E-state index in [1.165, 1.54) is 11.1 Å². The fourth-order valence-electron chi connectivity index (χ4n) is 8.36. The van der Waals surface area contributed by atoms with Gasteiger partial charge in [0.15, 0.2) is 0 Å². The van der Waals surface area contributed by atoms with E-state index in [-0.39, 0.29) is 35.0 Å². The first-order chi connectivity index (χ1) is 24.1. The summed E-state index contributed by atoms with van der Waals surface area (Å²) in [7, 11) is -3.95. The van der Waals surface area contributed by atoms with Gasteiger partial charge in [0.05, 0.1) is 43.5 Å². The van der Waals surface area contributed by atoms with Gasteiger partial charge >= 0.3 is 0 Å². The van der Waals surface area contributed by atoms with Crippen LogP contribution in [-0.4, -0.2) is 102 Å². The third-order valence-corrected chi connectivity index (χ3v) is 13.7. The van der Waals surface area contributed by atoms with Crippen LogP contribution in [0.3, 0.4) is 0 Å². The van der Waals surface area contributed by atoms with Gasteiger partial charge in [0.2, 0.25) is 10.0 Å². The average molecular weight is 728 g/mol. The molecule has 1 aliphatic carbocycles. The number of sulfonamides is 1.